The molecule has 1 atom stereocenters. The van der Waals surface area contributed by atoms with Crippen molar-refractivity contribution in [1.82, 2.24) is 20.5 Å². The van der Waals surface area contributed by atoms with E-state index < -0.39 is 6.04 Å². The van der Waals surface area contributed by atoms with Gasteiger partial charge in [-0.1, -0.05) is 6.92 Å². The number of aromatic nitrogens is 1. The van der Waals surface area contributed by atoms with Crippen molar-refractivity contribution in [3.63, 3.8) is 0 Å². The van der Waals surface area contributed by atoms with Gasteiger partial charge in [0.05, 0.1) is 5.01 Å². The molecule has 0 unspecified atom stereocenters. The summed E-state index contributed by atoms with van der Waals surface area (Å²) in [4.78, 5) is 30.2. The van der Waals surface area contributed by atoms with Gasteiger partial charge in [0.2, 0.25) is 5.91 Å². The summed E-state index contributed by atoms with van der Waals surface area (Å²) in [6.45, 7) is 4.26. The lowest BCUT2D eigenvalue weighted by Gasteiger charge is -2.18. The van der Waals surface area contributed by atoms with Gasteiger partial charge in [-0.3, -0.25) is 4.79 Å². The molecule has 1 rings (SSSR count). The third kappa shape index (κ3) is 5.16. The normalized spacial score (nSPS) is 11.8. The second-order valence-corrected chi connectivity index (χ2v) is 5.88. The van der Waals surface area contributed by atoms with Gasteiger partial charge < -0.3 is 15.5 Å². The molecule has 0 bridgehead atoms. The SMILES string of the molecule is CCc1cnc(CCNC(=O)N[C@@H](C)C(=O)N(C)C)s1. The number of nitrogens with one attached hydrogen (secondary N) is 2. The molecule has 7 heteroatoms. The number of nitrogens with zero attached hydrogens (tertiary/aromatic N) is 2. The van der Waals surface area contributed by atoms with Gasteiger partial charge in [-0.15, -0.1) is 11.3 Å². The van der Waals surface area contributed by atoms with Crippen LogP contribution in [0.15, 0.2) is 6.20 Å². The molecule has 1 aromatic heterocycles. The van der Waals surface area contributed by atoms with Crippen molar-refractivity contribution in [2.75, 3.05) is 20.6 Å². The van der Waals surface area contributed by atoms with Crippen LogP contribution < -0.4 is 10.6 Å². The minimum absolute atomic E-state index is 0.132. The maximum atomic E-state index is 11.6. The molecule has 20 heavy (non-hydrogen) atoms. The summed E-state index contributed by atoms with van der Waals surface area (Å²) in [5.74, 6) is -0.132. The molecule has 6 nitrogen and oxygen atoms in total. The van der Waals surface area contributed by atoms with E-state index in [1.165, 1.54) is 9.78 Å². The van der Waals surface area contributed by atoms with Gasteiger partial charge in [0.1, 0.15) is 6.04 Å². The maximum Gasteiger partial charge on any atom is 0.315 e. The standard InChI is InChI=1S/C13H22N4O2S/c1-5-10-8-15-11(20-10)6-7-14-13(19)16-9(2)12(18)17(3)4/h8-9H,5-7H2,1-4H3,(H2,14,16,19)/t9-/m0/s1. The second kappa shape index (κ2) is 7.84. The van der Waals surface area contributed by atoms with Crippen LogP contribution in [-0.4, -0.2) is 48.5 Å². The van der Waals surface area contributed by atoms with Gasteiger partial charge in [-0.25, -0.2) is 9.78 Å². The van der Waals surface area contributed by atoms with Gasteiger partial charge in [-0.2, -0.15) is 0 Å². The molecule has 2 N–H and O–H groups in total. The van der Waals surface area contributed by atoms with Gasteiger partial charge in [0.25, 0.3) is 0 Å². The quantitative estimate of drug-likeness (QED) is 0.823. The Morgan fingerprint density at radius 2 is 2.15 bits per heavy atom. The summed E-state index contributed by atoms with van der Waals surface area (Å²) in [5.41, 5.74) is 0. The van der Waals surface area contributed by atoms with E-state index in [1.807, 2.05) is 6.20 Å². The van der Waals surface area contributed by atoms with Crippen LogP contribution in [0.25, 0.3) is 0 Å². The highest BCUT2D eigenvalue weighted by atomic mass is 32.1. The molecule has 112 valence electrons. The number of likely N-dealkylation sites (N-methyl/N-ethyl adjacent to an activating group) is 1. The van der Waals surface area contributed by atoms with E-state index in [-0.39, 0.29) is 11.9 Å². The van der Waals surface area contributed by atoms with Crippen molar-refractivity contribution in [3.8, 4) is 0 Å². The molecule has 0 spiro atoms. The van der Waals surface area contributed by atoms with Crippen molar-refractivity contribution < 1.29 is 9.59 Å². The number of carbonyl (C=O) groups is 2. The largest absolute Gasteiger partial charge is 0.347 e. The van der Waals surface area contributed by atoms with Crippen LogP contribution >= 0.6 is 11.3 Å². The van der Waals surface area contributed by atoms with Crippen molar-refractivity contribution in [2.45, 2.75) is 32.7 Å². The van der Waals surface area contributed by atoms with Crippen LogP contribution in [0.2, 0.25) is 0 Å². The molecule has 0 aliphatic rings. The Morgan fingerprint density at radius 1 is 1.45 bits per heavy atom. The predicted octanol–water partition coefficient (Wildman–Crippen LogP) is 1.02. The average Bonchev–Trinajstić information content (AvgIpc) is 2.85. The summed E-state index contributed by atoms with van der Waals surface area (Å²) in [6, 6.07) is -0.864. The molecule has 0 saturated heterocycles. The number of rotatable bonds is 6. The zero-order valence-corrected chi connectivity index (χ0v) is 13.2. The van der Waals surface area contributed by atoms with Gasteiger partial charge in [0.15, 0.2) is 0 Å². The van der Waals surface area contributed by atoms with E-state index in [2.05, 4.69) is 22.5 Å². The first-order valence-electron chi connectivity index (χ1n) is 6.63. The zero-order chi connectivity index (χ0) is 15.1. The fraction of sp³-hybridized carbons (Fsp3) is 0.615. The Balaban J connectivity index is 2.28. The highest BCUT2D eigenvalue weighted by Crippen LogP contribution is 2.13. The fourth-order valence-electron chi connectivity index (χ4n) is 1.61. The number of aryl methyl sites for hydroxylation is 1. The second-order valence-electron chi connectivity index (χ2n) is 4.68. The Kier molecular flexibility index (Phi) is 6.44. The summed E-state index contributed by atoms with van der Waals surface area (Å²) < 4.78 is 0. The molecule has 0 radical (unpaired) electrons. The summed E-state index contributed by atoms with van der Waals surface area (Å²) in [7, 11) is 3.32. The number of carbonyl (C=O) groups excluding carboxylic acids is 2. The molecule has 0 saturated carbocycles. The number of hydrogen-bond acceptors (Lipinski definition) is 4. The minimum Gasteiger partial charge on any atom is -0.347 e. The Hall–Kier alpha value is -1.63. The van der Waals surface area contributed by atoms with E-state index >= 15 is 0 Å². The molecular formula is C13H22N4O2S. The van der Waals surface area contributed by atoms with Gasteiger partial charge in [-0.05, 0) is 13.3 Å². The first kappa shape index (κ1) is 16.4. The summed E-state index contributed by atoms with van der Waals surface area (Å²) in [6.07, 6.45) is 3.56. The number of thiazole rings is 1. The monoisotopic (exact) mass is 298 g/mol. The van der Waals surface area contributed by atoms with Crippen LogP contribution in [0.3, 0.4) is 0 Å². The Morgan fingerprint density at radius 3 is 2.70 bits per heavy atom. The number of hydrogen-bond donors (Lipinski definition) is 2. The first-order valence-corrected chi connectivity index (χ1v) is 7.44. The van der Waals surface area contributed by atoms with Gasteiger partial charge >= 0.3 is 6.03 Å². The lowest BCUT2D eigenvalue weighted by Crippen LogP contribution is -2.48. The maximum absolute atomic E-state index is 11.6. The molecule has 3 amide bonds. The van der Waals surface area contributed by atoms with Crippen LogP contribution in [-0.2, 0) is 17.6 Å². The minimum atomic E-state index is -0.531. The average molecular weight is 298 g/mol. The summed E-state index contributed by atoms with van der Waals surface area (Å²) in [5, 5.41) is 6.35. The number of urea groups is 1. The Labute approximate surface area is 123 Å². The van der Waals surface area contributed by atoms with Crippen molar-refractivity contribution in [3.05, 3.63) is 16.1 Å². The topological polar surface area (TPSA) is 74.3 Å². The highest BCUT2D eigenvalue weighted by Gasteiger charge is 2.16. The molecule has 0 aliphatic carbocycles. The van der Waals surface area contributed by atoms with Crippen LogP contribution in [0.5, 0.6) is 0 Å². The third-order valence-corrected chi connectivity index (χ3v) is 3.93. The van der Waals surface area contributed by atoms with E-state index in [0.717, 1.165) is 11.4 Å². The zero-order valence-electron chi connectivity index (χ0n) is 12.4. The predicted molar refractivity (Wildman–Crippen MR) is 79.9 cm³/mol. The van der Waals surface area contributed by atoms with E-state index in [1.54, 1.807) is 32.4 Å². The smallest absolute Gasteiger partial charge is 0.315 e. The molecular weight excluding hydrogens is 276 g/mol. The summed E-state index contributed by atoms with van der Waals surface area (Å²) >= 11 is 1.66. The fourth-order valence-corrected chi connectivity index (χ4v) is 2.47. The number of amides is 3. The molecule has 0 aromatic carbocycles. The third-order valence-electron chi connectivity index (χ3n) is 2.73. The van der Waals surface area contributed by atoms with Crippen molar-refractivity contribution in [2.24, 2.45) is 0 Å². The highest BCUT2D eigenvalue weighted by molar-refractivity contribution is 7.11. The Bertz CT molecular complexity index is 459. The van der Waals surface area contributed by atoms with Crippen LogP contribution in [0.4, 0.5) is 4.79 Å². The van der Waals surface area contributed by atoms with Crippen LogP contribution in [0.1, 0.15) is 23.7 Å². The van der Waals surface area contributed by atoms with Crippen molar-refractivity contribution >= 4 is 23.3 Å². The molecule has 1 heterocycles. The van der Waals surface area contributed by atoms with E-state index in [9.17, 15) is 9.59 Å². The first-order chi connectivity index (χ1) is 9.43. The molecule has 0 fully saturated rings. The molecule has 1 aromatic rings. The van der Waals surface area contributed by atoms with Crippen LogP contribution in [0, 0.1) is 0 Å². The van der Waals surface area contributed by atoms with Gasteiger partial charge in [0, 0.05) is 38.1 Å². The lowest BCUT2D eigenvalue weighted by molar-refractivity contribution is -0.130. The van der Waals surface area contributed by atoms with E-state index in [0.29, 0.717) is 13.0 Å². The van der Waals surface area contributed by atoms with Crippen molar-refractivity contribution in [1.29, 1.82) is 0 Å². The lowest BCUT2D eigenvalue weighted by atomic mass is 10.3. The van der Waals surface area contributed by atoms with E-state index in [4.69, 9.17) is 0 Å². The molecule has 0 aliphatic heterocycles.